The zero-order chi connectivity index (χ0) is 19.2. The van der Waals surface area contributed by atoms with Gasteiger partial charge in [0.1, 0.15) is 5.69 Å². The van der Waals surface area contributed by atoms with E-state index in [9.17, 15) is 4.79 Å². The second-order valence-electron chi connectivity index (χ2n) is 6.16. The smallest absolute Gasteiger partial charge is 0.302 e. The highest BCUT2D eigenvalue weighted by Crippen LogP contribution is 2.34. The zero-order valence-corrected chi connectivity index (χ0v) is 15.1. The van der Waals surface area contributed by atoms with Crippen LogP contribution in [0.2, 0.25) is 0 Å². The molecule has 0 fully saturated rings. The molecule has 0 atom stereocenters. The summed E-state index contributed by atoms with van der Waals surface area (Å²) in [5.41, 5.74) is 3.45. The number of carbonyl (C=O) groups is 1. The van der Waals surface area contributed by atoms with Gasteiger partial charge in [0, 0.05) is 17.2 Å². The Morgan fingerprint density at radius 1 is 0.786 bits per heavy atom. The zero-order valence-electron chi connectivity index (χ0n) is 15.1. The van der Waals surface area contributed by atoms with E-state index in [0.717, 1.165) is 16.7 Å². The van der Waals surface area contributed by atoms with Gasteiger partial charge in [0.15, 0.2) is 5.76 Å². The number of benzene rings is 3. The van der Waals surface area contributed by atoms with Crippen LogP contribution in [0.25, 0.3) is 28.7 Å². The lowest BCUT2D eigenvalue weighted by atomic mass is 10.1. The minimum absolute atomic E-state index is 0.167. The molecule has 4 rings (SSSR count). The number of hydrogen-bond donors (Lipinski definition) is 1. The molecular weight excluding hydrogens is 348 g/mol. The van der Waals surface area contributed by atoms with Crippen LogP contribution in [-0.2, 0) is 4.79 Å². The molecule has 0 aliphatic carbocycles. The van der Waals surface area contributed by atoms with Crippen molar-refractivity contribution in [1.82, 2.24) is 4.98 Å². The van der Waals surface area contributed by atoms with Crippen molar-refractivity contribution in [3.8, 4) is 22.6 Å². The molecule has 3 aromatic carbocycles. The molecule has 1 aromatic heterocycles. The molecule has 1 heterocycles. The molecule has 0 saturated heterocycles. The van der Waals surface area contributed by atoms with E-state index in [1.54, 1.807) is 6.08 Å². The van der Waals surface area contributed by atoms with Gasteiger partial charge in [-0.25, -0.2) is 0 Å². The maximum absolute atomic E-state index is 12.3. The van der Waals surface area contributed by atoms with Gasteiger partial charge in [0.2, 0.25) is 0 Å². The summed E-state index contributed by atoms with van der Waals surface area (Å²) < 4.78 is 5.90. The van der Waals surface area contributed by atoms with E-state index in [2.05, 4.69) is 10.3 Å². The Bertz CT molecular complexity index is 1030. The van der Waals surface area contributed by atoms with Crippen molar-refractivity contribution >= 4 is 18.0 Å². The van der Waals surface area contributed by atoms with Crippen LogP contribution in [0.3, 0.4) is 0 Å². The van der Waals surface area contributed by atoms with Gasteiger partial charge in [-0.15, -0.1) is 0 Å². The molecule has 0 aliphatic heterocycles. The van der Waals surface area contributed by atoms with Gasteiger partial charge in [-0.05, 0) is 11.6 Å². The summed E-state index contributed by atoms with van der Waals surface area (Å²) in [7, 11) is 0. The van der Waals surface area contributed by atoms with Crippen molar-refractivity contribution in [2.45, 2.75) is 0 Å². The first-order valence-electron chi connectivity index (χ1n) is 8.95. The van der Waals surface area contributed by atoms with Gasteiger partial charge in [-0.3, -0.25) is 10.1 Å². The van der Waals surface area contributed by atoms with Crippen LogP contribution in [-0.4, -0.2) is 10.9 Å². The van der Waals surface area contributed by atoms with E-state index in [0.29, 0.717) is 11.5 Å². The van der Waals surface area contributed by atoms with E-state index >= 15 is 0 Å². The maximum Gasteiger partial charge on any atom is 0.302 e. The first-order chi connectivity index (χ1) is 13.8. The summed E-state index contributed by atoms with van der Waals surface area (Å²) >= 11 is 0. The Kier molecular flexibility index (Phi) is 5.11. The molecule has 1 amide bonds. The highest BCUT2D eigenvalue weighted by atomic mass is 16.4. The number of aromatic nitrogens is 1. The minimum Gasteiger partial charge on any atom is -0.423 e. The van der Waals surface area contributed by atoms with Crippen LogP contribution in [0.1, 0.15) is 5.56 Å². The molecule has 0 radical (unpaired) electrons. The van der Waals surface area contributed by atoms with Gasteiger partial charge < -0.3 is 4.42 Å². The maximum atomic E-state index is 12.3. The number of nitrogens with one attached hydrogen (secondary N) is 1. The minimum atomic E-state index is -0.302. The van der Waals surface area contributed by atoms with Crippen molar-refractivity contribution < 1.29 is 9.21 Å². The quantitative estimate of drug-likeness (QED) is 0.464. The summed E-state index contributed by atoms with van der Waals surface area (Å²) in [6.07, 6.45) is 3.21. The van der Waals surface area contributed by atoms with Gasteiger partial charge in [0.25, 0.3) is 5.91 Å². The standard InChI is InChI=1S/C24H18N2O2/c27-21(17-16-18-10-4-1-5-11-18)25-24-26-22(19-12-6-2-7-13-19)23(28-24)20-14-8-3-9-15-20/h1-17H,(H,25,26,27). The summed E-state index contributed by atoms with van der Waals surface area (Å²) in [4.78, 5) is 16.8. The Labute approximate surface area is 163 Å². The van der Waals surface area contributed by atoms with Crippen LogP contribution in [0.4, 0.5) is 6.01 Å². The SMILES string of the molecule is O=C(C=Cc1ccccc1)Nc1nc(-c2ccccc2)c(-c2ccccc2)o1. The monoisotopic (exact) mass is 366 g/mol. The number of carbonyl (C=O) groups excluding carboxylic acids is 1. The third-order valence-corrected chi connectivity index (χ3v) is 4.17. The third-order valence-electron chi connectivity index (χ3n) is 4.17. The predicted octanol–water partition coefficient (Wildman–Crippen LogP) is 5.66. The molecule has 4 heteroatoms. The van der Waals surface area contributed by atoms with Crippen LogP contribution < -0.4 is 5.32 Å². The van der Waals surface area contributed by atoms with E-state index in [-0.39, 0.29) is 11.9 Å². The fourth-order valence-electron chi connectivity index (χ4n) is 2.83. The Morgan fingerprint density at radius 2 is 1.36 bits per heavy atom. The van der Waals surface area contributed by atoms with Gasteiger partial charge in [-0.2, -0.15) is 4.98 Å². The molecule has 0 bridgehead atoms. The van der Waals surface area contributed by atoms with Gasteiger partial charge in [0.05, 0.1) is 0 Å². The van der Waals surface area contributed by atoms with Gasteiger partial charge in [-0.1, -0.05) is 91.0 Å². The number of rotatable bonds is 5. The summed E-state index contributed by atoms with van der Waals surface area (Å²) in [6, 6.07) is 29.3. The van der Waals surface area contributed by atoms with Crippen LogP contribution in [0.5, 0.6) is 0 Å². The fourth-order valence-corrected chi connectivity index (χ4v) is 2.83. The van der Waals surface area contributed by atoms with E-state index in [1.165, 1.54) is 6.08 Å². The van der Waals surface area contributed by atoms with Crippen molar-refractivity contribution in [2.75, 3.05) is 5.32 Å². The van der Waals surface area contributed by atoms with Crippen molar-refractivity contribution in [2.24, 2.45) is 0 Å². The van der Waals surface area contributed by atoms with Crippen LogP contribution in [0, 0.1) is 0 Å². The first kappa shape index (κ1) is 17.5. The molecule has 136 valence electrons. The average Bonchev–Trinajstić information content (AvgIpc) is 3.18. The second kappa shape index (κ2) is 8.18. The average molecular weight is 366 g/mol. The molecule has 1 N–H and O–H groups in total. The number of oxazole rings is 1. The predicted molar refractivity (Wildman–Crippen MR) is 111 cm³/mol. The largest absolute Gasteiger partial charge is 0.423 e. The fraction of sp³-hybridized carbons (Fsp3) is 0. The Morgan fingerprint density at radius 3 is 2.00 bits per heavy atom. The number of nitrogens with zero attached hydrogens (tertiary/aromatic N) is 1. The van der Waals surface area contributed by atoms with E-state index < -0.39 is 0 Å². The lowest BCUT2D eigenvalue weighted by molar-refractivity contribution is -0.112. The third kappa shape index (κ3) is 4.07. The lowest BCUT2D eigenvalue weighted by Crippen LogP contribution is -2.07. The molecule has 0 spiro atoms. The number of hydrogen-bond acceptors (Lipinski definition) is 3. The van der Waals surface area contributed by atoms with Crippen LogP contribution in [0.15, 0.2) is 101 Å². The second-order valence-corrected chi connectivity index (χ2v) is 6.16. The molecule has 28 heavy (non-hydrogen) atoms. The molecule has 0 saturated carbocycles. The topological polar surface area (TPSA) is 55.1 Å². The summed E-state index contributed by atoms with van der Waals surface area (Å²) in [6.45, 7) is 0. The molecule has 0 unspecified atom stereocenters. The highest BCUT2D eigenvalue weighted by molar-refractivity contribution is 6.01. The summed E-state index contributed by atoms with van der Waals surface area (Å²) in [5.74, 6) is 0.318. The summed E-state index contributed by atoms with van der Waals surface area (Å²) in [5, 5.41) is 2.71. The van der Waals surface area contributed by atoms with Crippen molar-refractivity contribution in [3.63, 3.8) is 0 Å². The highest BCUT2D eigenvalue weighted by Gasteiger charge is 2.17. The van der Waals surface area contributed by atoms with E-state index in [4.69, 9.17) is 4.42 Å². The first-order valence-corrected chi connectivity index (χ1v) is 8.95. The van der Waals surface area contributed by atoms with Crippen molar-refractivity contribution in [3.05, 3.63) is 103 Å². The van der Waals surface area contributed by atoms with Crippen LogP contribution >= 0.6 is 0 Å². The van der Waals surface area contributed by atoms with E-state index in [1.807, 2.05) is 91.0 Å². The molecule has 0 aliphatic rings. The Hall–Kier alpha value is -3.92. The normalized spacial score (nSPS) is 10.9. The molecule has 4 nitrogen and oxygen atoms in total. The van der Waals surface area contributed by atoms with Gasteiger partial charge >= 0.3 is 6.01 Å². The molecule has 4 aromatic rings. The number of anilines is 1. The Balaban J connectivity index is 1.62. The number of amides is 1. The lowest BCUT2D eigenvalue weighted by Gasteiger charge is -2.00. The molecular formula is C24H18N2O2. The van der Waals surface area contributed by atoms with Crippen molar-refractivity contribution in [1.29, 1.82) is 0 Å².